The third kappa shape index (κ3) is 1.76. The highest BCUT2D eigenvalue weighted by molar-refractivity contribution is 5.83. The highest BCUT2D eigenvalue weighted by Crippen LogP contribution is 2.59. The fourth-order valence-electron chi connectivity index (χ4n) is 5.81. The van der Waals surface area contributed by atoms with E-state index in [-0.39, 0.29) is 23.0 Å². The summed E-state index contributed by atoms with van der Waals surface area (Å²) in [6.07, 6.45) is 3.09. The Kier molecular flexibility index (Phi) is 3.33. The molecule has 1 heterocycles. The predicted molar refractivity (Wildman–Crippen MR) is 87.9 cm³/mol. The van der Waals surface area contributed by atoms with Crippen molar-refractivity contribution in [3.8, 4) is 5.75 Å². The molecule has 1 saturated carbocycles. The van der Waals surface area contributed by atoms with Gasteiger partial charge in [0.1, 0.15) is 11.5 Å². The second-order valence-corrected chi connectivity index (χ2v) is 7.38. The summed E-state index contributed by atoms with van der Waals surface area (Å²) in [7, 11) is 3.53. The molecule has 0 amide bonds. The van der Waals surface area contributed by atoms with E-state index in [9.17, 15) is 4.79 Å². The van der Waals surface area contributed by atoms with Crippen LogP contribution in [0, 0.1) is 5.92 Å². The van der Waals surface area contributed by atoms with Gasteiger partial charge in [0.05, 0.1) is 12.7 Å². The number of carbonyl (C=O) groups excluding carboxylic acids is 1. The van der Waals surface area contributed by atoms with Gasteiger partial charge < -0.3 is 14.8 Å². The smallest absolute Gasteiger partial charge is 0.134 e. The van der Waals surface area contributed by atoms with Gasteiger partial charge in [0.15, 0.2) is 0 Å². The van der Waals surface area contributed by atoms with Gasteiger partial charge >= 0.3 is 0 Å². The van der Waals surface area contributed by atoms with Gasteiger partial charge in [-0.2, -0.15) is 0 Å². The van der Waals surface area contributed by atoms with Crippen LogP contribution in [0.15, 0.2) is 18.2 Å². The molecule has 0 aromatic heterocycles. The van der Waals surface area contributed by atoms with Gasteiger partial charge in [-0.05, 0) is 48.6 Å². The lowest BCUT2D eigenvalue weighted by Gasteiger charge is -2.64. The fourth-order valence-corrected chi connectivity index (χ4v) is 5.81. The molecule has 4 heteroatoms. The Morgan fingerprint density at radius 1 is 1.26 bits per heavy atom. The van der Waals surface area contributed by atoms with Crippen molar-refractivity contribution < 1.29 is 14.3 Å². The molecule has 4 nitrogen and oxygen atoms in total. The van der Waals surface area contributed by atoms with Crippen LogP contribution in [-0.2, 0) is 21.4 Å². The SMILES string of the molecule is COc1ccc2c(c1)[C@@]13CCN[C@H](C2)[C@]1(OC)[C@H](C)CC(=O)C3. The summed E-state index contributed by atoms with van der Waals surface area (Å²) in [6.45, 7) is 3.12. The molecule has 23 heavy (non-hydrogen) atoms. The van der Waals surface area contributed by atoms with E-state index < -0.39 is 0 Å². The average Bonchev–Trinajstić information content (AvgIpc) is 2.54. The number of hydrogen-bond donors (Lipinski definition) is 1. The van der Waals surface area contributed by atoms with Crippen molar-refractivity contribution in [3.63, 3.8) is 0 Å². The zero-order valence-electron chi connectivity index (χ0n) is 14.1. The van der Waals surface area contributed by atoms with Crippen molar-refractivity contribution in [2.24, 2.45) is 5.92 Å². The Morgan fingerprint density at radius 2 is 2.09 bits per heavy atom. The van der Waals surface area contributed by atoms with E-state index in [1.807, 2.05) is 13.2 Å². The number of ether oxygens (including phenoxy) is 2. The van der Waals surface area contributed by atoms with Gasteiger partial charge in [0, 0.05) is 31.4 Å². The largest absolute Gasteiger partial charge is 0.497 e. The van der Waals surface area contributed by atoms with Crippen LogP contribution in [0.25, 0.3) is 0 Å². The van der Waals surface area contributed by atoms with Crippen molar-refractivity contribution in [2.75, 3.05) is 20.8 Å². The Balaban J connectivity index is 1.99. The molecule has 2 bridgehead atoms. The predicted octanol–water partition coefficient (Wildman–Crippen LogP) is 2.24. The molecule has 2 fully saturated rings. The fraction of sp³-hybridized carbons (Fsp3) is 0.632. The molecule has 124 valence electrons. The second kappa shape index (κ2) is 5.05. The van der Waals surface area contributed by atoms with Crippen LogP contribution in [0.3, 0.4) is 0 Å². The monoisotopic (exact) mass is 315 g/mol. The number of hydrogen-bond acceptors (Lipinski definition) is 4. The number of rotatable bonds is 2. The molecule has 0 unspecified atom stereocenters. The quantitative estimate of drug-likeness (QED) is 0.909. The van der Waals surface area contributed by atoms with E-state index in [4.69, 9.17) is 9.47 Å². The first-order valence-electron chi connectivity index (χ1n) is 8.55. The van der Waals surface area contributed by atoms with Gasteiger partial charge in [-0.1, -0.05) is 13.0 Å². The normalized spacial score (nSPS) is 38.7. The first-order chi connectivity index (χ1) is 11.1. The Hall–Kier alpha value is -1.39. The standard InChI is InChI=1S/C19H25NO3/c1-12-8-14(21)11-18-6-7-20-17(19(12,18)23-3)9-13-4-5-15(22-2)10-16(13)18/h4-5,10,12,17,20H,6-9,11H2,1-3H3/t12-,17-,18+,19-/m1/s1. The summed E-state index contributed by atoms with van der Waals surface area (Å²) in [5, 5.41) is 3.68. The molecule has 1 N–H and O–H groups in total. The van der Waals surface area contributed by atoms with Crippen LogP contribution >= 0.6 is 0 Å². The molecule has 4 rings (SSSR count). The number of nitrogens with one attached hydrogen (secondary N) is 1. The lowest BCUT2D eigenvalue weighted by atomic mass is 9.47. The third-order valence-electron chi connectivity index (χ3n) is 6.57. The Bertz CT molecular complexity index is 658. The average molecular weight is 315 g/mol. The first kappa shape index (κ1) is 15.2. The number of benzene rings is 1. The minimum Gasteiger partial charge on any atom is -0.497 e. The van der Waals surface area contributed by atoms with Crippen LogP contribution in [0.1, 0.15) is 37.3 Å². The maximum Gasteiger partial charge on any atom is 0.134 e. The van der Waals surface area contributed by atoms with Gasteiger partial charge in [0.2, 0.25) is 0 Å². The summed E-state index contributed by atoms with van der Waals surface area (Å²) in [5.74, 6) is 1.44. The van der Waals surface area contributed by atoms with Crippen molar-refractivity contribution in [1.82, 2.24) is 5.32 Å². The van der Waals surface area contributed by atoms with Gasteiger partial charge in [-0.15, -0.1) is 0 Å². The molecule has 1 aliphatic heterocycles. The van der Waals surface area contributed by atoms with Crippen LogP contribution in [0.5, 0.6) is 5.75 Å². The highest BCUT2D eigenvalue weighted by atomic mass is 16.5. The molecule has 1 saturated heterocycles. The van der Waals surface area contributed by atoms with Gasteiger partial charge in [0.25, 0.3) is 0 Å². The van der Waals surface area contributed by atoms with E-state index in [1.54, 1.807) is 7.11 Å². The molecule has 1 aromatic carbocycles. The first-order valence-corrected chi connectivity index (χ1v) is 8.55. The van der Waals surface area contributed by atoms with Gasteiger partial charge in [-0.3, -0.25) is 4.79 Å². The highest BCUT2D eigenvalue weighted by Gasteiger charge is 2.66. The maximum absolute atomic E-state index is 12.5. The van der Waals surface area contributed by atoms with Crippen LogP contribution in [-0.4, -0.2) is 38.2 Å². The third-order valence-corrected chi connectivity index (χ3v) is 6.57. The topological polar surface area (TPSA) is 47.6 Å². The zero-order chi connectivity index (χ0) is 16.2. The Labute approximate surface area is 137 Å². The van der Waals surface area contributed by atoms with Crippen molar-refractivity contribution >= 4 is 5.78 Å². The number of Topliss-reactive ketones (excluding diaryl/α,β-unsaturated/α-hetero) is 1. The van der Waals surface area contributed by atoms with Crippen molar-refractivity contribution in [3.05, 3.63) is 29.3 Å². The van der Waals surface area contributed by atoms with Crippen LogP contribution in [0.2, 0.25) is 0 Å². The summed E-state index contributed by atoms with van der Waals surface area (Å²) < 4.78 is 11.7. The number of fused-ring (bicyclic) bond motifs is 1. The maximum atomic E-state index is 12.5. The molecule has 2 aliphatic carbocycles. The molecule has 0 radical (unpaired) electrons. The number of piperidine rings is 1. The number of ketones is 1. The van der Waals surface area contributed by atoms with Crippen molar-refractivity contribution in [1.29, 1.82) is 0 Å². The van der Waals surface area contributed by atoms with Crippen LogP contribution in [0.4, 0.5) is 0 Å². The number of carbonyl (C=O) groups is 1. The van der Waals surface area contributed by atoms with E-state index in [2.05, 4.69) is 24.4 Å². The minimum atomic E-state index is -0.307. The zero-order valence-corrected chi connectivity index (χ0v) is 14.1. The van der Waals surface area contributed by atoms with E-state index >= 15 is 0 Å². The van der Waals surface area contributed by atoms with E-state index in [0.29, 0.717) is 18.6 Å². The summed E-state index contributed by atoms with van der Waals surface area (Å²) in [6, 6.07) is 6.61. The van der Waals surface area contributed by atoms with E-state index in [0.717, 1.165) is 25.1 Å². The lowest BCUT2D eigenvalue weighted by Crippen LogP contribution is -2.76. The van der Waals surface area contributed by atoms with Crippen molar-refractivity contribution in [2.45, 2.75) is 49.7 Å². The lowest BCUT2D eigenvalue weighted by molar-refractivity contribution is -0.182. The minimum absolute atomic E-state index is 0.214. The van der Waals surface area contributed by atoms with E-state index in [1.165, 1.54) is 11.1 Å². The summed E-state index contributed by atoms with van der Waals surface area (Å²) in [4.78, 5) is 12.5. The second-order valence-electron chi connectivity index (χ2n) is 7.38. The molecule has 1 aromatic rings. The number of methoxy groups -OCH3 is 2. The molecule has 3 aliphatic rings. The molecular weight excluding hydrogens is 290 g/mol. The molecule has 0 spiro atoms. The summed E-state index contributed by atoms with van der Waals surface area (Å²) in [5.41, 5.74) is 2.07. The van der Waals surface area contributed by atoms with Crippen LogP contribution < -0.4 is 10.1 Å². The molecule has 4 atom stereocenters. The summed E-state index contributed by atoms with van der Waals surface area (Å²) >= 11 is 0. The Morgan fingerprint density at radius 3 is 2.83 bits per heavy atom. The molecular formula is C19H25NO3. The van der Waals surface area contributed by atoms with Gasteiger partial charge in [-0.25, -0.2) is 0 Å².